The summed E-state index contributed by atoms with van der Waals surface area (Å²) in [5.74, 6) is -0.0450. The van der Waals surface area contributed by atoms with Crippen molar-refractivity contribution in [1.29, 1.82) is 0 Å². The number of hydrogen-bond donors (Lipinski definition) is 3. The van der Waals surface area contributed by atoms with E-state index in [1.165, 1.54) is 327 Å². The monoisotopic (exact) mass is 1080 g/mol. The molecular weight excluding hydrogens is 947 g/mol. The summed E-state index contributed by atoms with van der Waals surface area (Å²) in [5, 5.41) is 23.2. The molecule has 0 aromatic rings. The van der Waals surface area contributed by atoms with E-state index in [1.54, 1.807) is 6.08 Å². The van der Waals surface area contributed by atoms with Crippen LogP contribution in [0.4, 0.5) is 0 Å². The van der Waals surface area contributed by atoms with Gasteiger partial charge in [0.1, 0.15) is 0 Å². The highest BCUT2D eigenvalue weighted by Crippen LogP contribution is 2.18. The normalized spacial score (nSPS) is 12.6. The smallest absolute Gasteiger partial charge is 0.305 e. The third-order valence-electron chi connectivity index (χ3n) is 16.5. The molecule has 0 fully saturated rings. The lowest BCUT2D eigenvalue weighted by Gasteiger charge is -2.20. The van der Waals surface area contributed by atoms with E-state index in [2.05, 4.69) is 31.3 Å². The number of hydrogen-bond acceptors (Lipinski definition) is 5. The van der Waals surface area contributed by atoms with Crippen LogP contribution in [0.2, 0.25) is 0 Å². The number of carbonyl (C=O) groups is 2. The third-order valence-corrected chi connectivity index (χ3v) is 16.5. The molecule has 3 N–H and O–H groups in total. The summed E-state index contributed by atoms with van der Waals surface area (Å²) in [6.07, 6.45) is 84.0. The Bertz CT molecular complexity index is 1200. The number of amides is 1. The van der Waals surface area contributed by atoms with Crippen molar-refractivity contribution in [1.82, 2.24) is 5.32 Å². The van der Waals surface area contributed by atoms with Crippen LogP contribution in [0.5, 0.6) is 0 Å². The summed E-state index contributed by atoms with van der Waals surface area (Å²) in [4.78, 5) is 24.5. The largest absolute Gasteiger partial charge is 0.466 e. The Kier molecular flexibility index (Phi) is 65.4. The molecule has 0 saturated heterocycles. The Morgan fingerprint density at radius 3 is 0.922 bits per heavy atom. The summed E-state index contributed by atoms with van der Waals surface area (Å²) < 4.78 is 5.48. The van der Waals surface area contributed by atoms with Gasteiger partial charge in [-0.05, 0) is 57.8 Å². The molecule has 0 spiro atoms. The van der Waals surface area contributed by atoms with E-state index in [-0.39, 0.29) is 18.5 Å². The molecule has 0 saturated carbocycles. The van der Waals surface area contributed by atoms with Crippen LogP contribution in [-0.2, 0) is 14.3 Å². The molecule has 1 amide bonds. The zero-order valence-electron chi connectivity index (χ0n) is 52.2. The van der Waals surface area contributed by atoms with Gasteiger partial charge in [0.25, 0.3) is 0 Å². The molecule has 6 heteroatoms. The maximum Gasteiger partial charge on any atom is 0.305 e. The van der Waals surface area contributed by atoms with Crippen molar-refractivity contribution < 1.29 is 24.5 Å². The number of rotatable bonds is 66. The molecule has 0 aliphatic carbocycles. The number of unbranched alkanes of at least 4 members (excludes halogenated alkanes) is 53. The maximum atomic E-state index is 12.5. The van der Waals surface area contributed by atoms with Crippen LogP contribution in [0.1, 0.15) is 393 Å². The van der Waals surface area contributed by atoms with E-state index in [4.69, 9.17) is 4.74 Å². The highest BCUT2D eigenvalue weighted by molar-refractivity contribution is 5.76. The number of aliphatic hydroxyl groups is 2. The molecule has 456 valence electrons. The van der Waals surface area contributed by atoms with Crippen LogP contribution in [0.3, 0.4) is 0 Å². The first-order chi connectivity index (χ1) is 38.0. The third kappa shape index (κ3) is 63.4. The van der Waals surface area contributed by atoms with Crippen molar-refractivity contribution in [3.8, 4) is 0 Å². The molecule has 77 heavy (non-hydrogen) atoms. The highest BCUT2D eigenvalue weighted by Gasteiger charge is 2.18. The van der Waals surface area contributed by atoms with Crippen molar-refractivity contribution in [2.45, 2.75) is 405 Å². The number of aliphatic hydroxyl groups excluding tert-OH is 2. The Balaban J connectivity index is 3.38. The number of esters is 1. The molecule has 0 rings (SSSR count). The van der Waals surface area contributed by atoms with Gasteiger partial charge in [0.15, 0.2) is 0 Å². The van der Waals surface area contributed by atoms with Crippen molar-refractivity contribution in [2.24, 2.45) is 0 Å². The SMILES string of the molecule is CCCCCCCCCCCCCCCCCC/C=C/C(O)C(CO)NC(=O)CCCCCCCCCCCCCCCC/C=C\CCCCCCCCCCCCCCOC(=O)CCCCCCCCCCCCCC. The standard InChI is InChI=1S/C71H137NO5/c1-3-5-7-9-11-13-15-17-18-19-34-37-40-43-47-51-55-59-63-69(74)68(67-73)72-70(75)64-60-56-52-48-44-41-38-35-32-30-28-26-24-22-20-21-23-25-27-29-31-33-36-39-42-46-50-54-58-62-66-77-71(76)65-61-57-53-49-45-16-14-12-10-8-6-4-2/h21,23,59,63,68-69,73-74H,3-20,22,24-58,60-62,64-67H2,1-2H3,(H,72,75)/b23-21-,63-59+. The average Bonchev–Trinajstić information content (AvgIpc) is 3.43. The minimum atomic E-state index is -0.843. The predicted octanol–water partition coefficient (Wildman–Crippen LogP) is 22.5. The Morgan fingerprint density at radius 1 is 0.351 bits per heavy atom. The summed E-state index contributed by atoms with van der Waals surface area (Å²) in [5.41, 5.74) is 0. The Hall–Kier alpha value is -1.66. The topological polar surface area (TPSA) is 95.9 Å². The molecule has 0 aliphatic heterocycles. The summed E-state index contributed by atoms with van der Waals surface area (Å²) >= 11 is 0. The van der Waals surface area contributed by atoms with Gasteiger partial charge in [0, 0.05) is 12.8 Å². The fourth-order valence-electron chi connectivity index (χ4n) is 11.1. The van der Waals surface area contributed by atoms with Gasteiger partial charge in [-0.15, -0.1) is 0 Å². The molecule has 0 aromatic heterocycles. The van der Waals surface area contributed by atoms with E-state index in [0.717, 1.165) is 38.5 Å². The van der Waals surface area contributed by atoms with Gasteiger partial charge in [-0.1, -0.05) is 346 Å². The van der Waals surface area contributed by atoms with Gasteiger partial charge in [-0.3, -0.25) is 9.59 Å². The van der Waals surface area contributed by atoms with Gasteiger partial charge < -0.3 is 20.3 Å². The minimum absolute atomic E-state index is 0.0181. The van der Waals surface area contributed by atoms with Crippen LogP contribution in [-0.4, -0.2) is 47.4 Å². The molecule has 6 nitrogen and oxygen atoms in total. The van der Waals surface area contributed by atoms with E-state index in [1.807, 2.05) is 6.08 Å². The summed E-state index contributed by atoms with van der Waals surface area (Å²) in [6.45, 7) is 4.94. The van der Waals surface area contributed by atoms with E-state index in [0.29, 0.717) is 19.4 Å². The number of ether oxygens (including phenoxy) is 1. The van der Waals surface area contributed by atoms with Gasteiger partial charge in [0.05, 0.1) is 25.4 Å². The first-order valence-corrected chi connectivity index (χ1v) is 35.1. The zero-order valence-corrected chi connectivity index (χ0v) is 52.2. The number of carbonyl (C=O) groups excluding carboxylic acids is 2. The molecule has 0 aliphatic rings. The molecule has 2 unspecified atom stereocenters. The van der Waals surface area contributed by atoms with E-state index < -0.39 is 12.1 Å². The lowest BCUT2D eigenvalue weighted by molar-refractivity contribution is -0.143. The lowest BCUT2D eigenvalue weighted by Crippen LogP contribution is -2.45. The van der Waals surface area contributed by atoms with Gasteiger partial charge >= 0.3 is 5.97 Å². The first kappa shape index (κ1) is 75.3. The average molecular weight is 1080 g/mol. The van der Waals surface area contributed by atoms with Crippen molar-refractivity contribution in [3.63, 3.8) is 0 Å². The number of allylic oxidation sites excluding steroid dienone is 3. The van der Waals surface area contributed by atoms with Crippen molar-refractivity contribution in [3.05, 3.63) is 24.3 Å². The van der Waals surface area contributed by atoms with Gasteiger partial charge in [0.2, 0.25) is 5.91 Å². The van der Waals surface area contributed by atoms with Crippen molar-refractivity contribution in [2.75, 3.05) is 13.2 Å². The van der Waals surface area contributed by atoms with E-state index >= 15 is 0 Å². The minimum Gasteiger partial charge on any atom is -0.466 e. The zero-order chi connectivity index (χ0) is 55.7. The second kappa shape index (κ2) is 66.8. The molecule has 0 heterocycles. The van der Waals surface area contributed by atoms with Crippen molar-refractivity contribution >= 4 is 11.9 Å². The second-order valence-electron chi connectivity index (χ2n) is 24.2. The summed E-state index contributed by atoms with van der Waals surface area (Å²) in [7, 11) is 0. The van der Waals surface area contributed by atoms with Gasteiger partial charge in [-0.2, -0.15) is 0 Å². The Morgan fingerprint density at radius 2 is 0.610 bits per heavy atom. The second-order valence-corrected chi connectivity index (χ2v) is 24.2. The van der Waals surface area contributed by atoms with E-state index in [9.17, 15) is 19.8 Å². The van der Waals surface area contributed by atoms with Crippen LogP contribution >= 0.6 is 0 Å². The molecule has 0 bridgehead atoms. The molecule has 2 atom stereocenters. The number of nitrogens with one attached hydrogen (secondary N) is 1. The molecule has 0 radical (unpaired) electrons. The fourth-order valence-corrected chi connectivity index (χ4v) is 11.1. The lowest BCUT2D eigenvalue weighted by atomic mass is 10.0. The van der Waals surface area contributed by atoms with Gasteiger partial charge in [-0.25, -0.2) is 0 Å². The molecule has 0 aromatic carbocycles. The van der Waals surface area contributed by atoms with Crippen LogP contribution in [0.15, 0.2) is 24.3 Å². The van der Waals surface area contributed by atoms with Crippen LogP contribution in [0, 0.1) is 0 Å². The fraction of sp³-hybridized carbons (Fsp3) is 0.915. The Labute approximate surface area is 481 Å². The maximum absolute atomic E-state index is 12.5. The van der Waals surface area contributed by atoms with Crippen LogP contribution < -0.4 is 5.32 Å². The van der Waals surface area contributed by atoms with Crippen LogP contribution in [0.25, 0.3) is 0 Å². The summed E-state index contributed by atoms with van der Waals surface area (Å²) in [6, 6.07) is -0.627. The first-order valence-electron chi connectivity index (χ1n) is 35.1. The molecular formula is C71H137NO5. The predicted molar refractivity (Wildman–Crippen MR) is 338 cm³/mol. The highest BCUT2D eigenvalue weighted by atomic mass is 16.5. The quantitative estimate of drug-likeness (QED) is 0.0320.